The molecular formula is C20H20N2O4S. The first-order valence-corrected chi connectivity index (χ1v) is 9.84. The number of carbonyl (C=O) groups is 3. The smallest absolute Gasteiger partial charge is 0.243 e. The zero-order valence-electron chi connectivity index (χ0n) is 14.7. The van der Waals surface area contributed by atoms with Crippen molar-refractivity contribution in [1.29, 1.82) is 0 Å². The fourth-order valence-corrected chi connectivity index (χ4v) is 4.39. The number of nitrogens with zero attached hydrogens (tertiary/aromatic N) is 2. The third-order valence-electron chi connectivity index (χ3n) is 5.10. The Hall–Kier alpha value is -2.67. The predicted molar refractivity (Wildman–Crippen MR) is 99.4 cm³/mol. The molecule has 0 bridgehead atoms. The van der Waals surface area contributed by atoms with E-state index in [-0.39, 0.29) is 36.1 Å². The van der Waals surface area contributed by atoms with Crippen molar-refractivity contribution in [1.82, 2.24) is 9.80 Å². The fraction of sp³-hybridized carbons (Fsp3) is 0.350. The zero-order chi connectivity index (χ0) is 18.8. The summed E-state index contributed by atoms with van der Waals surface area (Å²) in [6.07, 6.45) is 6.60. The van der Waals surface area contributed by atoms with Gasteiger partial charge in [-0.3, -0.25) is 19.3 Å². The summed E-state index contributed by atoms with van der Waals surface area (Å²) in [5, 5.41) is 1.95. The van der Waals surface area contributed by atoms with Crippen molar-refractivity contribution in [2.75, 3.05) is 6.54 Å². The van der Waals surface area contributed by atoms with Crippen LogP contribution in [-0.2, 0) is 27.5 Å². The van der Waals surface area contributed by atoms with E-state index in [1.807, 2.05) is 29.7 Å². The number of likely N-dealkylation sites (tertiary alicyclic amines) is 1. The molecule has 2 aliphatic rings. The Balaban J connectivity index is 1.49. The third kappa shape index (κ3) is 3.60. The molecule has 2 aromatic heterocycles. The van der Waals surface area contributed by atoms with Crippen molar-refractivity contribution >= 4 is 29.1 Å². The topological polar surface area (TPSA) is 70.8 Å². The highest BCUT2D eigenvalue weighted by Crippen LogP contribution is 2.35. The van der Waals surface area contributed by atoms with Gasteiger partial charge in [-0.15, -0.1) is 11.3 Å². The summed E-state index contributed by atoms with van der Waals surface area (Å²) in [5.41, 5.74) is 0. The minimum Gasteiger partial charge on any atom is -0.467 e. The molecule has 140 valence electrons. The van der Waals surface area contributed by atoms with Gasteiger partial charge in [0.15, 0.2) is 0 Å². The van der Waals surface area contributed by atoms with Gasteiger partial charge in [0.1, 0.15) is 12.3 Å². The molecule has 7 heteroatoms. The van der Waals surface area contributed by atoms with Gasteiger partial charge in [0.25, 0.3) is 0 Å². The summed E-state index contributed by atoms with van der Waals surface area (Å²) in [5.74, 6) is -0.671. The SMILES string of the molecule is O=C(CN1C(=O)[C@H]2CC=CC[C@@H]2C1=O)N(Cc1ccco1)Cc1cccs1. The molecule has 0 saturated carbocycles. The number of rotatable bonds is 6. The highest BCUT2D eigenvalue weighted by molar-refractivity contribution is 7.09. The van der Waals surface area contributed by atoms with Gasteiger partial charge < -0.3 is 9.32 Å². The van der Waals surface area contributed by atoms with E-state index in [0.29, 0.717) is 31.7 Å². The normalized spacial score (nSPS) is 21.6. The van der Waals surface area contributed by atoms with Crippen LogP contribution in [0.15, 0.2) is 52.5 Å². The van der Waals surface area contributed by atoms with Crippen LogP contribution < -0.4 is 0 Å². The molecule has 3 heterocycles. The minimum atomic E-state index is -0.314. The van der Waals surface area contributed by atoms with Gasteiger partial charge in [-0.2, -0.15) is 0 Å². The monoisotopic (exact) mass is 384 g/mol. The van der Waals surface area contributed by atoms with E-state index in [2.05, 4.69) is 0 Å². The van der Waals surface area contributed by atoms with Crippen LogP contribution in [0.5, 0.6) is 0 Å². The maximum absolute atomic E-state index is 13.0. The molecule has 0 aromatic carbocycles. The Kier molecular flexibility index (Phi) is 4.94. The maximum atomic E-state index is 13.0. The number of carbonyl (C=O) groups excluding carboxylic acids is 3. The van der Waals surface area contributed by atoms with Crippen molar-refractivity contribution in [2.45, 2.75) is 25.9 Å². The van der Waals surface area contributed by atoms with Crippen LogP contribution in [0.3, 0.4) is 0 Å². The number of imide groups is 1. The summed E-state index contributed by atoms with van der Waals surface area (Å²) >= 11 is 1.56. The minimum absolute atomic E-state index is 0.212. The molecule has 4 rings (SSSR count). The fourth-order valence-electron chi connectivity index (χ4n) is 3.67. The average Bonchev–Trinajstić information content (AvgIpc) is 3.41. The van der Waals surface area contributed by atoms with E-state index in [4.69, 9.17) is 4.42 Å². The summed E-state index contributed by atoms with van der Waals surface area (Å²) in [4.78, 5) is 42.0. The van der Waals surface area contributed by atoms with Crippen LogP contribution in [-0.4, -0.2) is 34.1 Å². The molecule has 27 heavy (non-hydrogen) atoms. The molecule has 0 radical (unpaired) electrons. The van der Waals surface area contributed by atoms with Crippen LogP contribution in [0, 0.1) is 11.8 Å². The van der Waals surface area contributed by atoms with Gasteiger partial charge in [-0.1, -0.05) is 18.2 Å². The Morgan fingerprint density at radius 2 is 1.85 bits per heavy atom. The number of hydrogen-bond donors (Lipinski definition) is 0. The van der Waals surface area contributed by atoms with Crippen LogP contribution in [0.1, 0.15) is 23.5 Å². The highest BCUT2D eigenvalue weighted by Gasteiger charge is 2.47. The van der Waals surface area contributed by atoms with E-state index in [0.717, 1.165) is 9.78 Å². The summed E-state index contributed by atoms with van der Waals surface area (Å²) in [6.45, 7) is 0.507. The average molecular weight is 384 g/mol. The number of furan rings is 1. The number of amides is 3. The zero-order valence-corrected chi connectivity index (χ0v) is 15.6. The lowest BCUT2D eigenvalue weighted by Crippen LogP contribution is -2.42. The highest BCUT2D eigenvalue weighted by atomic mass is 32.1. The first-order valence-electron chi connectivity index (χ1n) is 8.96. The molecule has 1 fully saturated rings. The third-order valence-corrected chi connectivity index (χ3v) is 5.96. The van der Waals surface area contributed by atoms with Crippen molar-refractivity contribution in [3.63, 3.8) is 0 Å². The molecule has 1 saturated heterocycles. The molecule has 1 aliphatic heterocycles. The lowest BCUT2D eigenvalue weighted by Gasteiger charge is -2.24. The van der Waals surface area contributed by atoms with E-state index in [1.165, 1.54) is 0 Å². The standard InChI is InChI=1S/C20H20N2O4S/c23-18(13-22-19(24)16-7-1-2-8-17(16)20(22)25)21(11-14-5-3-9-26-14)12-15-6-4-10-27-15/h1-6,9-10,16-17H,7-8,11-13H2/t16-,17-/m0/s1. The lowest BCUT2D eigenvalue weighted by atomic mass is 9.85. The second kappa shape index (κ2) is 7.52. The van der Waals surface area contributed by atoms with Gasteiger partial charge in [0.2, 0.25) is 17.7 Å². The van der Waals surface area contributed by atoms with Gasteiger partial charge in [0, 0.05) is 4.88 Å². The van der Waals surface area contributed by atoms with E-state index < -0.39 is 0 Å². The largest absolute Gasteiger partial charge is 0.467 e. The predicted octanol–water partition coefficient (Wildman–Crippen LogP) is 2.82. The van der Waals surface area contributed by atoms with Gasteiger partial charge >= 0.3 is 0 Å². The first-order chi connectivity index (χ1) is 13.1. The van der Waals surface area contributed by atoms with Crippen molar-refractivity contribution in [2.24, 2.45) is 11.8 Å². The van der Waals surface area contributed by atoms with Crippen LogP contribution in [0.4, 0.5) is 0 Å². The Morgan fingerprint density at radius 3 is 2.44 bits per heavy atom. The molecule has 2 aromatic rings. The number of thiophene rings is 1. The number of allylic oxidation sites excluding steroid dienone is 2. The van der Waals surface area contributed by atoms with Crippen LogP contribution in [0.25, 0.3) is 0 Å². The van der Waals surface area contributed by atoms with Crippen LogP contribution in [0.2, 0.25) is 0 Å². The van der Waals surface area contributed by atoms with Crippen molar-refractivity contribution < 1.29 is 18.8 Å². The Bertz CT molecular complexity index is 794. The molecule has 3 amide bonds. The molecule has 1 aliphatic carbocycles. The first kappa shape index (κ1) is 17.7. The molecule has 6 nitrogen and oxygen atoms in total. The summed E-state index contributed by atoms with van der Waals surface area (Å²) in [6, 6.07) is 7.47. The Labute approximate surface area is 161 Å². The van der Waals surface area contributed by atoms with Gasteiger partial charge in [-0.25, -0.2) is 0 Å². The number of fused-ring (bicyclic) bond motifs is 1. The Morgan fingerprint density at radius 1 is 1.11 bits per heavy atom. The summed E-state index contributed by atoms with van der Waals surface area (Å²) in [7, 11) is 0. The van der Waals surface area contributed by atoms with Gasteiger partial charge in [0.05, 0.1) is 31.2 Å². The second-order valence-electron chi connectivity index (χ2n) is 6.83. The number of hydrogen-bond acceptors (Lipinski definition) is 5. The molecule has 0 N–H and O–H groups in total. The van der Waals surface area contributed by atoms with E-state index in [9.17, 15) is 14.4 Å². The summed E-state index contributed by atoms with van der Waals surface area (Å²) < 4.78 is 5.38. The quantitative estimate of drug-likeness (QED) is 0.567. The lowest BCUT2D eigenvalue weighted by molar-refractivity contribution is -0.147. The molecule has 2 atom stereocenters. The molecule has 0 unspecified atom stereocenters. The molecule has 0 spiro atoms. The maximum Gasteiger partial charge on any atom is 0.243 e. The van der Waals surface area contributed by atoms with E-state index >= 15 is 0 Å². The van der Waals surface area contributed by atoms with E-state index in [1.54, 1.807) is 34.6 Å². The second-order valence-corrected chi connectivity index (χ2v) is 7.86. The van der Waals surface area contributed by atoms with Crippen LogP contribution >= 0.6 is 11.3 Å². The van der Waals surface area contributed by atoms with Crippen molar-refractivity contribution in [3.8, 4) is 0 Å². The van der Waals surface area contributed by atoms with Crippen molar-refractivity contribution in [3.05, 3.63) is 58.7 Å². The molecular weight excluding hydrogens is 364 g/mol. The van der Waals surface area contributed by atoms with Gasteiger partial charge in [-0.05, 0) is 36.4 Å².